The van der Waals surface area contributed by atoms with Crippen LogP contribution in [0, 0.1) is 5.82 Å². The first-order valence-corrected chi connectivity index (χ1v) is 5.17. The third-order valence-electron chi connectivity index (χ3n) is 1.82. The molecular formula is C11H6BrFO3. The smallest absolute Gasteiger partial charge is 0.379 e. The number of halogens is 2. The van der Waals surface area contributed by atoms with E-state index < -0.39 is 11.8 Å². The number of hydrogen-bond donors (Lipinski definition) is 0. The van der Waals surface area contributed by atoms with Crippen molar-refractivity contribution in [3.05, 3.63) is 52.6 Å². The average Bonchev–Trinajstić information content (AvgIpc) is 2.75. The van der Waals surface area contributed by atoms with Gasteiger partial charge >= 0.3 is 5.97 Å². The first-order valence-electron chi connectivity index (χ1n) is 4.37. The van der Waals surface area contributed by atoms with E-state index >= 15 is 0 Å². The van der Waals surface area contributed by atoms with Crippen LogP contribution in [0.5, 0.6) is 5.75 Å². The Hall–Kier alpha value is -1.62. The maximum atomic E-state index is 12.8. The van der Waals surface area contributed by atoms with Gasteiger partial charge in [-0.25, -0.2) is 9.18 Å². The number of ether oxygens (including phenoxy) is 1. The summed E-state index contributed by atoms with van der Waals surface area (Å²) in [5, 5.41) is 0. The van der Waals surface area contributed by atoms with E-state index in [0.29, 0.717) is 4.47 Å². The lowest BCUT2D eigenvalue weighted by Gasteiger charge is -2.04. The van der Waals surface area contributed by atoms with Crippen molar-refractivity contribution in [2.75, 3.05) is 0 Å². The van der Waals surface area contributed by atoms with Gasteiger partial charge in [0.05, 0.1) is 10.7 Å². The van der Waals surface area contributed by atoms with E-state index in [9.17, 15) is 9.18 Å². The molecule has 82 valence electrons. The van der Waals surface area contributed by atoms with E-state index in [2.05, 4.69) is 15.9 Å². The molecule has 5 heteroatoms. The summed E-state index contributed by atoms with van der Waals surface area (Å²) in [6.45, 7) is 0. The van der Waals surface area contributed by atoms with Crippen molar-refractivity contribution in [1.29, 1.82) is 0 Å². The Morgan fingerprint density at radius 3 is 2.81 bits per heavy atom. The molecule has 1 heterocycles. The number of carbonyl (C=O) groups is 1. The number of furan rings is 1. The normalized spacial score (nSPS) is 10.1. The molecule has 0 aliphatic heterocycles. The largest absolute Gasteiger partial charge is 0.457 e. The van der Waals surface area contributed by atoms with E-state index in [1.807, 2.05) is 0 Å². The Morgan fingerprint density at radius 2 is 2.19 bits per heavy atom. The molecule has 0 aliphatic carbocycles. The van der Waals surface area contributed by atoms with Crippen LogP contribution in [-0.4, -0.2) is 5.97 Å². The summed E-state index contributed by atoms with van der Waals surface area (Å²) in [6, 6.07) is 6.84. The Kier molecular flexibility index (Phi) is 3.05. The molecule has 3 nitrogen and oxygen atoms in total. The number of hydrogen-bond acceptors (Lipinski definition) is 3. The highest BCUT2D eigenvalue weighted by Gasteiger charge is 2.13. The zero-order valence-electron chi connectivity index (χ0n) is 7.94. The molecule has 0 fully saturated rings. The molecular weight excluding hydrogens is 279 g/mol. The third-order valence-corrected chi connectivity index (χ3v) is 2.44. The Balaban J connectivity index is 2.18. The van der Waals surface area contributed by atoms with Crippen LogP contribution < -0.4 is 4.74 Å². The predicted octanol–water partition coefficient (Wildman–Crippen LogP) is 3.40. The molecule has 0 aliphatic rings. The van der Waals surface area contributed by atoms with Crippen LogP contribution in [0.3, 0.4) is 0 Å². The van der Waals surface area contributed by atoms with Gasteiger partial charge in [-0.05, 0) is 46.3 Å². The summed E-state index contributed by atoms with van der Waals surface area (Å²) < 4.78 is 23.0. The van der Waals surface area contributed by atoms with E-state index in [1.165, 1.54) is 30.5 Å². The minimum atomic E-state index is -0.627. The van der Waals surface area contributed by atoms with Crippen LogP contribution in [0.4, 0.5) is 4.39 Å². The van der Waals surface area contributed by atoms with Gasteiger partial charge < -0.3 is 9.15 Å². The zero-order chi connectivity index (χ0) is 11.5. The minimum Gasteiger partial charge on any atom is -0.457 e. The van der Waals surface area contributed by atoms with Crippen molar-refractivity contribution in [2.24, 2.45) is 0 Å². The molecule has 0 amide bonds. The van der Waals surface area contributed by atoms with Crippen molar-refractivity contribution in [3.8, 4) is 5.75 Å². The molecule has 0 spiro atoms. The summed E-state index contributed by atoms with van der Waals surface area (Å²) in [4.78, 5) is 11.5. The quantitative estimate of drug-likeness (QED) is 0.627. The van der Waals surface area contributed by atoms with Crippen molar-refractivity contribution in [3.63, 3.8) is 0 Å². The van der Waals surface area contributed by atoms with Gasteiger partial charge in [0.15, 0.2) is 0 Å². The molecule has 0 saturated carbocycles. The minimum absolute atomic E-state index is 0.0937. The fourth-order valence-corrected chi connectivity index (χ4v) is 1.53. The van der Waals surface area contributed by atoms with Crippen molar-refractivity contribution in [1.82, 2.24) is 0 Å². The van der Waals surface area contributed by atoms with E-state index in [0.717, 1.165) is 0 Å². The first kappa shape index (κ1) is 10.9. The molecule has 0 saturated heterocycles. The van der Waals surface area contributed by atoms with Crippen LogP contribution in [-0.2, 0) is 0 Å². The third kappa shape index (κ3) is 2.30. The summed E-state index contributed by atoms with van der Waals surface area (Å²) >= 11 is 3.09. The molecule has 0 N–H and O–H groups in total. The molecule has 1 aromatic heterocycles. The predicted molar refractivity (Wildman–Crippen MR) is 57.8 cm³/mol. The second-order valence-electron chi connectivity index (χ2n) is 2.94. The summed E-state index contributed by atoms with van der Waals surface area (Å²) in [5.74, 6) is -0.707. The second kappa shape index (κ2) is 4.49. The van der Waals surface area contributed by atoms with Crippen molar-refractivity contribution >= 4 is 21.9 Å². The number of carbonyl (C=O) groups excluding carboxylic acids is 1. The Bertz CT molecular complexity index is 508. The molecule has 16 heavy (non-hydrogen) atoms. The van der Waals surface area contributed by atoms with Gasteiger partial charge in [0.1, 0.15) is 11.6 Å². The van der Waals surface area contributed by atoms with Gasteiger partial charge in [-0.15, -0.1) is 0 Å². The Morgan fingerprint density at radius 1 is 1.38 bits per heavy atom. The van der Waals surface area contributed by atoms with Crippen LogP contribution >= 0.6 is 15.9 Å². The topological polar surface area (TPSA) is 39.4 Å². The summed E-state index contributed by atoms with van der Waals surface area (Å²) in [6.07, 6.45) is 1.37. The van der Waals surface area contributed by atoms with Gasteiger partial charge in [0, 0.05) is 0 Å². The van der Waals surface area contributed by atoms with Crippen LogP contribution in [0.2, 0.25) is 0 Å². The van der Waals surface area contributed by atoms with Crippen LogP contribution in [0.25, 0.3) is 0 Å². The fourth-order valence-electron chi connectivity index (χ4n) is 1.10. The van der Waals surface area contributed by atoms with E-state index in [1.54, 1.807) is 6.07 Å². The average molecular weight is 285 g/mol. The highest BCUT2D eigenvalue weighted by atomic mass is 79.9. The van der Waals surface area contributed by atoms with Crippen molar-refractivity contribution < 1.29 is 18.3 Å². The second-order valence-corrected chi connectivity index (χ2v) is 3.80. The molecule has 0 unspecified atom stereocenters. The standard InChI is InChI=1S/C11H6BrFO3/c12-8-6-7(13)3-4-9(8)16-11(14)10-2-1-5-15-10/h1-6H. The van der Waals surface area contributed by atoms with Gasteiger partial charge in [-0.1, -0.05) is 0 Å². The lowest BCUT2D eigenvalue weighted by molar-refractivity contribution is 0.0700. The van der Waals surface area contributed by atoms with E-state index in [4.69, 9.17) is 9.15 Å². The molecule has 0 atom stereocenters. The molecule has 1 aromatic carbocycles. The van der Waals surface area contributed by atoms with E-state index in [-0.39, 0.29) is 11.5 Å². The molecule has 0 bridgehead atoms. The molecule has 2 aromatic rings. The molecule has 0 radical (unpaired) electrons. The maximum Gasteiger partial charge on any atom is 0.379 e. The van der Waals surface area contributed by atoms with Gasteiger partial charge in [-0.2, -0.15) is 0 Å². The number of benzene rings is 1. The zero-order valence-corrected chi connectivity index (χ0v) is 9.53. The monoisotopic (exact) mass is 284 g/mol. The highest BCUT2D eigenvalue weighted by molar-refractivity contribution is 9.10. The first-order chi connectivity index (χ1) is 7.66. The number of esters is 1. The SMILES string of the molecule is O=C(Oc1ccc(F)cc1Br)c1ccco1. The van der Waals surface area contributed by atoms with Crippen molar-refractivity contribution in [2.45, 2.75) is 0 Å². The number of rotatable bonds is 2. The lowest BCUT2D eigenvalue weighted by atomic mass is 10.3. The lowest BCUT2D eigenvalue weighted by Crippen LogP contribution is -2.07. The summed E-state index contributed by atoms with van der Waals surface area (Å²) in [5.41, 5.74) is 0. The summed E-state index contributed by atoms with van der Waals surface area (Å²) in [7, 11) is 0. The van der Waals surface area contributed by atoms with Gasteiger partial charge in [0.25, 0.3) is 0 Å². The van der Waals surface area contributed by atoms with Gasteiger partial charge in [-0.3, -0.25) is 0 Å². The van der Waals surface area contributed by atoms with Crippen LogP contribution in [0.15, 0.2) is 45.5 Å². The maximum absolute atomic E-state index is 12.8. The molecule has 2 rings (SSSR count). The Labute approximate surface area is 99.0 Å². The van der Waals surface area contributed by atoms with Crippen LogP contribution in [0.1, 0.15) is 10.6 Å². The highest BCUT2D eigenvalue weighted by Crippen LogP contribution is 2.26. The van der Waals surface area contributed by atoms with Gasteiger partial charge in [0.2, 0.25) is 5.76 Å². The fraction of sp³-hybridized carbons (Fsp3) is 0.